The Balaban J connectivity index is 1.86. The summed E-state index contributed by atoms with van der Waals surface area (Å²) in [7, 11) is 1.50. The molecule has 0 bridgehead atoms. The molecule has 2 fully saturated rings. The molecule has 4 heteroatoms. The van der Waals surface area contributed by atoms with E-state index in [2.05, 4.69) is 20.4 Å². The summed E-state index contributed by atoms with van der Waals surface area (Å²) in [6.45, 7) is 8.80. The third-order valence-electron chi connectivity index (χ3n) is 7.26. The number of rotatable bonds is 5. The second-order valence-electron chi connectivity index (χ2n) is 8.54. The molecule has 2 saturated carbocycles. The number of aldehydes is 1. The van der Waals surface area contributed by atoms with Gasteiger partial charge in [-0.05, 0) is 68.8 Å². The number of carbonyl (C=O) groups is 2. The van der Waals surface area contributed by atoms with Crippen molar-refractivity contribution in [2.45, 2.75) is 58.8 Å². The number of ether oxygens (including phenoxy) is 1. The van der Waals surface area contributed by atoms with Crippen LogP contribution in [-0.2, 0) is 16.0 Å². The predicted molar refractivity (Wildman–Crippen MR) is 99.9 cm³/mol. The number of esters is 1. The van der Waals surface area contributed by atoms with E-state index >= 15 is 0 Å². The van der Waals surface area contributed by atoms with E-state index in [1.807, 2.05) is 6.07 Å². The molecule has 0 unspecified atom stereocenters. The quantitative estimate of drug-likeness (QED) is 0.423. The number of fused-ring (bicyclic) bond motifs is 1. The highest BCUT2D eigenvalue weighted by atomic mass is 16.5. The lowest BCUT2D eigenvalue weighted by Crippen LogP contribution is -2.53. The highest BCUT2D eigenvalue weighted by molar-refractivity contribution is 5.77. The van der Waals surface area contributed by atoms with Gasteiger partial charge in [0.1, 0.15) is 0 Å². The molecule has 1 aromatic rings. The Morgan fingerprint density at radius 1 is 1.42 bits per heavy atom. The summed E-state index contributed by atoms with van der Waals surface area (Å²) in [5.74, 6) is 1.01. The van der Waals surface area contributed by atoms with Crippen LogP contribution < -0.4 is 0 Å². The molecule has 26 heavy (non-hydrogen) atoms. The van der Waals surface area contributed by atoms with Gasteiger partial charge in [0.25, 0.3) is 0 Å². The van der Waals surface area contributed by atoms with Gasteiger partial charge in [-0.1, -0.05) is 25.5 Å². The van der Waals surface area contributed by atoms with E-state index in [0.29, 0.717) is 17.6 Å². The molecule has 1 heterocycles. The van der Waals surface area contributed by atoms with Gasteiger partial charge in [-0.2, -0.15) is 0 Å². The van der Waals surface area contributed by atoms with Crippen molar-refractivity contribution in [1.29, 1.82) is 0 Å². The molecule has 1 aromatic heterocycles. The third-order valence-corrected chi connectivity index (χ3v) is 7.26. The van der Waals surface area contributed by atoms with Crippen LogP contribution in [0.3, 0.4) is 0 Å². The molecule has 4 atom stereocenters. The van der Waals surface area contributed by atoms with Gasteiger partial charge < -0.3 is 9.15 Å². The summed E-state index contributed by atoms with van der Waals surface area (Å²) in [5.41, 5.74) is 1.88. The fourth-order valence-corrected chi connectivity index (χ4v) is 5.92. The number of hydrogen-bond donors (Lipinski definition) is 0. The molecule has 142 valence electrons. The second-order valence-corrected chi connectivity index (χ2v) is 8.54. The monoisotopic (exact) mass is 358 g/mol. The van der Waals surface area contributed by atoms with Crippen LogP contribution >= 0.6 is 0 Å². The largest absolute Gasteiger partial charge is 0.469 e. The van der Waals surface area contributed by atoms with Crippen LogP contribution in [0.25, 0.3) is 0 Å². The second kappa shape index (κ2) is 7.05. The smallest absolute Gasteiger partial charge is 0.311 e. The van der Waals surface area contributed by atoms with Gasteiger partial charge in [-0.15, -0.1) is 0 Å². The number of aryl methyl sites for hydroxylation is 1. The van der Waals surface area contributed by atoms with Gasteiger partial charge >= 0.3 is 5.97 Å². The van der Waals surface area contributed by atoms with Gasteiger partial charge in [0, 0.05) is 5.56 Å². The molecule has 0 amide bonds. The standard InChI is InChI=1S/C22H30O4/c1-15-6-9-19-21(2,11-5-12-22(19,3)20(24)25-4)17(15)8-7-16-10-13-26-18(16)14-23/h10,13-14,17,19H,1,5-9,11-12H2,2-4H3/t17-,19+,21-,22-/m0/s1. The molecule has 4 nitrogen and oxygen atoms in total. The Morgan fingerprint density at radius 2 is 2.19 bits per heavy atom. The van der Waals surface area contributed by atoms with E-state index in [1.165, 1.54) is 12.7 Å². The van der Waals surface area contributed by atoms with Gasteiger partial charge in [-0.25, -0.2) is 0 Å². The van der Waals surface area contributed by atoms with E-state index in [9.17, 15) is 9.59 Å². The molecule has 2 aliphatic carbocycles. The number of methoxy groups -OCH3 is 1. The molecule has 0 N–H and O–H groups in total. The van der Waals surface area contributed by atoms with Crippen molar-refractivity contribution in [1.82, 2.24) is 0 Å². The fraction of sp³-hybridized carbons (Fsp3) is 0.636. The lowest BCUT2D eigenvalue weighted by atomic mass is 9.46. The van der Waals surface area contributed by atoms with Gasteiger partial charge in [0.2, 0.25) is 0 Å². The molecule has 0 aromatic carbocycles. The highest BCUT2D eigenvalue weighted by Crippen LogP contribution is 2.62. The summed E-state index contributed by atoms with van der Waals surface area (Å²) >= 11 is 0. The average Bonchev–Trinajstić information content (AvgIpc) is 3.07. The van der Waals surface area contributed by atoms with Crippen LogP contribution in [0, 0.1) is 22.7 Å². The zero-order valence-corrected chi connectivity index (χ0v) is 16.2. The van der Waals surface area contributed by atoms with Crippen molar-refractivity contribution in [3.63, 3.8) is 0 Å². The minimum atomic E-state index is -0.412. The minimum Gasteiger partial charge on any atom is -0.469 e. The molecule has 0 spiro atoms. The van der Waals surface area contributed by atoms with Gasteiger partial charge in [-0.3, -0.25) is 9.59 Å². The summed E-state index contributed by atoms with van der Waals surface area (Å²) in [5, 5.41) is 0. The maximum atomic E-state index is 12.6. The van der Waals surface area contributed by atoms with Crippen LogP contribution in [-0.4, -0.2) is 19.4 Å². The van der Waals surface area contributed by atoms with Crippen molar-refractivity contribution in [3.05, 3.63) is 35.8 Å². The Hall–Kier alpha value is -1.84. The van der Waals surface area contributed by atoms with E-state index < -0.39 is 5.41 Å². The lowest BCUT2D eigenvalue weighted by Gasteiger charge is -2.57. The Morgan fingerprint density at radius 3 is 2.88 bits per heavy atom. The molecule has 0 radical (unpaired) electrons. The number of carbonyl (C=O) groups excluding carboxylic acids is 2. The zero-order chi connectivity index (χ0) is 18.9. The first-order chi connectivity index (χ1) is 12.4. The number of allylic oxidation sites excluding steroid dienone is 1. The first-order valence-electron chi connectivity index (χ1n) is 9.64. The normalized spacial score (nSPS) is 34.2. The lowest BCUT2D eigenvalue weighted by molar-refractivity contribution is -0.168. The maximum absolute atomic E-state index is 12.6. The van der Waals surface area contributed by atoms with Crippen molar-refractivity contribution < 1.29 is 18.7 Å². The van der Waals surface area contributed by atoms with E-state index in [-0.39, 0.29) is 11.4 Å². The van der Waals surface area contributed by atoms with E-state index in [4.69, 9.17) is 9.15 Å². The Kier molecular flexibility index (Phi) is 5.14. The molecular weight excluding hydrogens is 328 g/mol. The third kappa shape index (κ3) is 2.93. The Labute approximate surface area is 156 Å². The molecule has 0 aliphatic heterocycles. The average molecular weight is 358 g/mol. The molecule has 2 aliphatic rings. The van der Waals surface area contributed by atoms with Crippen molar-refractivity contribution in [3.8, 4) is 0 Å². The summed E-state index contributed by atoms with van der Waals surface area (Å²) in [6.07, 6.45) is 9.10. The van der Waals surface area contributed by atoms with Crippen LogP contribution in [0.1, 0.15) is 68.5 Å². The van der Waals surface area contributed by atoms with Crippen LogP contribution in [0.15, 0.2) is 28.9 Å². The van der Waals surface area contributed by atoms with Crippen LogP contribution in [0.5, 0.6) is 0 Å². The molecular formula is C22H30O4. The van der Waals surface area contributed by atoms with Crippen molar-refractivity contribution in [2.24, 2.45) is 22.7 Å². The summed E-state index contributed by atoms with van der Waals surface area (Å²) in [4.78, 5) is 23.7. The number of furan rings is 1. The van der Waals surface area contributed by atoms with Crippen molar-refractivity contribution >= 4 is 12.3 Å². The zero-order valence-electron chi connectivity index (χ0n) is 16.2. The highest BCUT2D eigenvalue weighted by Gasteiger charge is 2.57. The fourth-order valence-electron chi connectivity index (χ4n) is 5.92. The SMILES string of the molecule is C=C1CC[C@@H]2[C@@](C)(CCC[C@]2(C)C(=O)OC)[C@H]1CCc1ccoc1C=O. The Bertz CT molecular complexity index is 703. The van der Waals surface area contributed by atoms with Crippen LogP contribution in [0.2, 0.25) is 0 Å². The van der Waals surface area contributed by atoms with Gasteiger partial charge in [0.15, 0.2) is 12.0 Å². The summed E-state index contributed by atoms with van der Waals surface area (Å²) < 4.78 is 10.4. The van der Waals surface area contributed by atoms with Gasteiger partial charge in [0.05, 0.1) is 18.8 Å². The number of hydrogen-bond acceptors (Lipinski definition) is 4. The maximum Gasteiger partial charge on any atom is 0.311 e. The van der Waals surface area contributed by atoms with E-state index in [1.54, 1.807) is 6.26 Å². The summed E-state index contributed by atoms with van der Waals surface area (Å²) in [6, 6.07) is 1.88. The first kappa shape index (κ1) is 18.9. The molecule has 3 rings (SSSR count). The first-order valence-corrected chi connectivity index (χ1v) is 9.64. The topological polar surface area (TPSA) is 56.5 Å². The minimum absolute atomic E-state index is 0.0433. The molecule has 0 saturated heterocycles. The van der Waals surface area contributed by atoms with Crippen molar-refractivity contribution in [2.75, 3.05) is 7.11 Å². The van der Waals surface area contributed by atoms with E-state index in [0.717, 1.165) is 56.8 Å². The predicted octanol–water partition coefficient (Wildman–Crippen LogP) is 4.98. The van der Waals surface area contributed by atoms with Crippen LogP contribution in [0.4, 0.5) is 0 Å².